The third kappa shape index (κ3) is 8.68. The molecule has 0 aliphatic rings. The van der Waals surface area contributed by atoms with Gasteiger partial charge < -0.3 is 0 Å². The lowest BCUT2D eigenvalue weighted by Gasteiger charge is -2.02. The van der Waals surface area contributed by atoms with Crippen molar-refractivity contribution in [2.75, 3.05) is 5.33 Å². The molecule has 2 heteroatoms. The van der Waals surface area contributed by atoms with Gasteiger partial charge in [0, 0.05) is 17.7 Å². The summed E-state index contributed by atoms with van der Waals surface area (Å²) in [4.78, 5) is 4.04. The zero-order chi connectivity index (χ0) is 12.9. The molecule has 0 atom stereocenters. The molecule has 0 fully saturated rings. The van der Waals surface area contributed by atoms with Crippen LogP contribution >= 0.6 is 15.9 Å². The fourth-order valence-corrected chi connectivity index (χ4v) is 2.61. The van der Waals surface area contributed by atoms with Crippen LogP contribution in [0.2, 0.25) is 0 Å². The second-order valence-electron chi connectivity index (χ2n) is 4.98. The number of nitrogens with zero attached hydrogens (tertiary/aromatic N) is 1. The third-order valence-corrected chi connectivity index (χ3v) is 3.91. The molecule has 1 aromatic rings. The Labute approximate surface area is 121 Å². The van der Waals surface area contributed by atoms with Crippen LogP contribution in [0.4, 0.5) is 0 Å². The lowest BCUT2D eigenvalue weighted by atomic mass is 10.0. The Morgan fingerprint density at radius 1 is 0.722 bits per heavy atom. The minimum atomic E-state index is 1.17. The number of hydrogen-bond donors (Lipinski definition) is 0. The van der Waals surface area contributed by atoms with Gasteiger partial charge in [-0.2, -0.15) is 0 Å². The lowest BCUT2D eigenvalue weighted by Crippen LogP contribution is -1.86. The van der Waals surface area contributed by atoms with E-state index in [0.717, 1.165) is 0 Å². The second kappa shape index (κ2) is 11.7. The van der Waals surface area contributed by atoms with Gasteiger partial charge in [0.1, 0.15) is 0 Å². The molecule has 1 rings (SSSR count). The summed E-state index contributed by atoms with van der Waals surface area (Å²) in [6, 6.07) is 4.26. The van der Waals surface area contributed by atoms with Crippen LogP contribution in [0.25, 0.3) is 0 Å². The van der Waals surface area contributed by atoms with E-state index in [1.165, 1.54) is 75.1 Å². The number of aryl methyl sites for hydroxylation is 1. The van der Waals surface area contributed by atoms with E-state index in [1.807, 2.05) is 12.4 Å². The highest BCUT2D eigenvalue weighted by Gasteiger charge is 1.94. The largest absolute Gasteiger partial charge is 0.265 e. The maximum atomic E-state index is 4.04. The Kier molecular flexibility index (Phi) is 10.2. The molecule has 0 radical (unpaired) electrons. The van der Waals surface area contributed by atoms with Crippen LogP contribution in [-0.2, 0) is 6.42 Å². The van der Waals surface area contributed by atoms with E-state index in [-0.39, 0.29) is 0 Å². The Morgan fingerprint density at radius 2 is 1.22 bits per heavy atom. The van der Waals surface area contributed by atoms with Crippen molar-refractivity contribution in [2.24, 2.45) is 0 Å². The fraction of sp³-hybridized carbons (Fsp3) is 0.688. The van der Waals surface area contributed by atoms with E-state index in [1.54, 1.807) is 0 Å². The molecule has 0 aromatic carbocycles. The Morgan fingerprint density at radius 3 is 1.78 bits per heavy atom. The third-order valence-electron chi connectivity index (χ3n) is 3.35. The molecule has 18 heavy (non-hydrogen) atoms. The Bertz CT molecular complexity index is 274. The number of pyridine rings is 1. The highest BCUT2D eigenvalue weighted by Crippen LogP contribution is 2.11. The topological polar surface area (TPSA) is 12.9 Å². The minimum absolute atomic E-state index is 1.17. The van der Waals surface area contributed by atoms with Crippen molar-refractivity contribution >= 4 is 15.9 Å². The molecule has 0 saturated carbocycles. The highest BCUT2D eigenvalue weighted by molar-refractivity contribution is 9.09. The number of alkyl halides is 1. The average molecular weight is 312 g/mol. The molecule has 1 nitrogen and oxygen atoms in total. The van der Waals surface area contributed by atoms with Crippen molar-refractivity contribution in [3.8, 4) is 0 Å². The first-order valence-corrected chi connectivity index (χ1v) is 8.50. The molecule has 0 aliphatic carbocycles. The van der Waals surface area contributed by atoms with Gasteiger partial charge in [0.15, 0.2) is 0 Å². The molecular weight excluding hydrogens is 286 g/mol. The summed E-state index contributed by atoms with van der Waals surface area (Å²) in [7, 11) is 0. The van der Waals surface area contributed by atoms with Crippen molar-refractivity contribution in [1.82, 2.24) is 4.98 Å². The van der Waals surface area contributed by atoms with E-state index in [0.29, 0.717) is 0 Å². The number of rotatable bonds is 11. The standard InChI is InChI=1S/C16H26BrN/c17-13-9-7-5-3-1-2-4-6-8-10-16-11-14-18-15-12-16/h11-12,14-15H,1-10,13H2. The van der Waals surface area contributed by atoms with Gasteiger partial charge in [-0.05, 0) is 37.0 Å². The minimum Gasteiger partial charge on any atom is -0.265 e. The van der Waals surface area contributed by atoms with Gasteiger partial charge in [-0.3, -0.25) is 4.98 Å². The molecular formula is C16H26BrN. The van der Waals surface area contributed by atoms with Crippen molar-refractivity contribution < 1.29 is 0 Å². The molecule has 0 unspecified atom stereocenters. The van der Waals surface area contributed by atoms with E-state index in [9.17, 15) is 0 Å². The summed E-state index contributed by atoms with van der Waals surface area (Å²) in [5, 5.41) is 1.17. The Hall–Kier alpha value is -0.370. The van der Waals surface area contributed by atoms with Gasteiger partial charge in [-0.1, -0.05) is 60.9 Å². The zero-order valence-electron chi connectivity index (χ0n) is 11.4. The van der Waals surface area contributed by atoms with Gasteiger partial charge >= 0.3 is 0 Å². The zero-order valence-corrected chi connectivity index (χ0v) is 13.0. The molecule has 0 spiro atoms. The molecule has 1 heterocycles. The van der Waals surface area contributed by atoms with Gasteiger partial charge in [-0.25, -0.2) is 0 Å². The van der Waals surface area contributed by atoms with Gasteiger partial charge in [-0.15, -0.1) is 0 Å². The normalized spacial score (nSPS) is 10.7. The predicted molar refractivity (Wildman–Crippen MR) is 83.3 cm³/mol. The van der Waals surface area contributed by atoms with E-state index in [2.05, 4.69) is 33.0 Å². The molecule has 0 saturated heterocycles. The van der Waals surface area contributed by atoms with Crippen LogP contribution in [0.5, 0.6) is 0 Å². The molecule has 0 N–H and O–H groups in total. The van der Waals surface area contributed by atoms with Crippen LogP contribution in [0, 0.1) is 0 Å². The maximum Gasteiger partial charge on any atom is 0.0270 e. The van der Waals surface area contributed by atoms with Gasteiger partial charge in [0.25, 0.3) is 0 Å². The number of unbranched alkanes of at least 4 members (excludes halogenated alkanes) is 8. The van der Waals surface area contributed by atoms with Crippen molar-refractivity contribution in [3.05, 3.63) is 30.1 Å². The number of halogens is 1. The average Bonchev–Trinajstić information content (AvgIpc) is 2.42. The summed E-state index contributed by atoms with van der Waals surface area (Å²) in [5.74, 6) is 0. The van der Waals surface area contributed by atoms with E-state index < -0.39 is 0 Å². The number of aromatic nitrogens is 1. The van der Waals surface area contributed by atoms with Crippen LogP contribution in [0.1, 0.15) is 63.4 Å². The molecule has 102 valence electrons. The smallest absolute Gasteiger partial charge is 0.0270 e. The highest BCUT2D eigenvalue weighted by atomic mass is 79.9. The van der Waals surface area contributed by atoms with Crippen LogP contribution < -0.4 is 0 Å². The SMILES string of the molecule is BrCCCCCCCCCCCc1ccncc1. The summed E-state index contributed by atoms with van der Waals surface area (Å²) in [6.45, 7) is 0. The molecule has 0 bridgehead atoms. The van der Waals surface area contributed by atoms with Crippen molar-refractivity contribution in [3.63, 3.8) is 0 Å². The van der Waals surface area contributed by atoms with Crippen molar-refractivity contribution in [1.29, 1.82) is 0 Å². The maximum absolute atomic E-state index is 4.04. The monoisotopic (exact) mass is 311 g/mol. The van der Waals surface area contributed by atoms with Gasteiger partial charge in [0.2, 0.25) is 0 Å². The number of hydrogen-bond acceptors (Lipinski definition) is 1. The van der Waals surface area contributed by atoms with E-state index in [4.69, 9.17) is 0 Å². The summed E-state index contributed by atoms with van der Waals surface area (Å²) >= 11 is 3.48. The van der Waals surface area contributed by atoms with Crippen molar-refractivity contribution in [2.45, 2.75) is 64.2 Å². The first kappa shape index (κ1) is 15.7. The quantitative estimate of drug-likeness (QED) is 0.387. The van der Waals surface area contributed by atoms with Crippen LogP contribution in [-0.4, -0.2) is 10.3 Å². The fourth-order valence-electron chi connectivity index (χ4n) is 2.21. The Balaban J connectivity index is 1.82. The first-order valence-electron chi connectivity index (χ1n) is 7.38. The second-order valence-corrected chi connectivity index (χ2v) is 5.77. The molecule has 0 aliphatic heterocycles. The van der Waals surface area contributed by atoms with Gasteiger partial charge in [0.05, 0.1) is 0 Å². The van der Waals surface area contributed by atoms with E-state index >= 15 is 0 Å². The predicted octanol–water partition coefficient (Wildman–Crippen LogP) is 5.53. The molecule has 0 amide bonds. The van der Waals surface area contributed by atoms with Crippen LogP contribution in [0.3, 0.4) is 0 Å². The first-order chi connectivity index (χ1) is 8.93. The lowest BCUT2D eigenvalue weighted by molar-refractivity contribution is 0.566. The summed E-state index contributed by atoms with van der Waals surface area (Å²) < 4.78 is 0. The summed E-state index contributed by atoms with van der Waals surface area (Å²) in [5.41, 5.74) is 1.43. The molecule has 1 aromatic heterocycles. The summed E-state index contributed by atoms with van der Waals surface area (Å²) in [6.07, 6.45) is 17.5. The van der Waals surface area contributed by atoms with Crippen LogP contribution in [0.15, 0.2) is 24.5 Å².